The zero-order valence-electron chi connectivity index (χ0n) is 14.9. The Balaban J connectivity index is 0.00000312. The lowest BCUT2D eigenvalue weighted by Crippen LogP contribution is -2.45. The molecule has 2 rings (SSSR count). The number of nitrogens with one attached hydrogen (secondary N) is 2. The smallest absolute Gasteiger partial charge is 0.191 e. The summed E-state index contributed by atoms with van der Waals surface area (Å²) in [6.07, 6.45) is 4.14. The number of nitrogens with zero attached hydrogens (tertiary/aromatic N) is 1. The fourth-order valence-electron chi connectivity index (χ4n) is 2.73. The molecule has 0 saturated heterocycles. The summed E-state index contributed by atoms with van der Waals surface area (Å²) < 4.78 is 23.7. The van der Waals surface area contributed by atoms with Gasteiger partial charge in [0.25, 0.3) is 0 Å². The van der Waals surface area contributed by atoms with E-state index in [-0.39, 0.29) is 41.2 Å². The zero-order chi connectivity index (χ0) is 17.8. The average molecular weight is 544 g/mol. The molecule has 0 heterocycles. The predicted octanol–water partition coefficient (Wildman–Crippen LogP) is 3.09. The molecule has 1 aromatic carbocycles. The maximum Gasteiger partial charge on any atom is 0.191 e. The molecule has 0 amide bonds. The highest BCUT2D eigenvalue weighted by atomic mass is 127. The number of sulfone groups is 1. The molecular formula is C17H27BrIN3O2S. The monoisotopic (exact) mass is 543 g/mol. The van der Waals surface area contributed by atoms with E-state index in [0.29, 0.717) is 12.4 Å². The molecule has 1 atom stereocenters. The number of hydrogen-bond acceptors (Lipinski definition) is 3. The number of hydrogen-bond donors (Lipinski definition) is 2. The molecule has 0 aliphatic heterocycles. The van der Waals surface area contributed by atoms with E-state index in [0.717, 1.165) is 23.9 Å². The summed E-state index contributed by atoms with van der Waals surface area (Å²) in [5.41, 5.74) is 1.49. The van der Waals surface area contributed by atoms with Crippen molar-refractivity contribution in [2.45, 2.75) is 37.6 Å². The van der Waals surface area contributed by atoms with Crippen LogP contribution in [0.2, 0.25) is 0 Å². The van der Waals surface area contributed by atoms with E-state index < -0.39 is 9.84 Å². The molecule has 0 bridgehead atoms. The van der Waals surface area contributed by atoms with Crippen molar-refractivity contribution < 1.29 is 8.42 Å². The van der Waals surface area contributed by atoms with Gasteiger partial charge in [0, 0.05) is 35.8 Å². The van der Waals surface area contributed by atoms with Gasteiger partial charge in [0.05, 0.1) is 5.75 Å². The minimum atomic E-state index is -2.93. The summed E-state index contributed by atoms with van der Waals surface area (Å²) in [5.74, 6) is 0.897. The van der Waals surface area contributed by atoms with Crippen LogP contribution in [0.1, 0.15) is 31.7 Å². The lowest BCUT2D eigenvalue weighted by atomic mass is 9.96. The van der Waals surface area contributed by atoms with Crippen LogP contribution < -0.4 is 10.6 Å². The van der Waals surface area contributed by atoms with Crippen LogP contribution in [0.4, 0.5) is 0 Å². The normalized spacial score (nSPS) is 17.4. The van der Waals surface area contributed by atoms with Crippen LogP contribution >= 0.6 is 39.9 Å². The molecule has 1 aliphatic carbocycles. The first-order chi connectivity index (χ1) is 11.3. The number of aliphatic imine (C=N–C) groups is 1. The van der Waals surface area contributed by atoms with Crippen molar-refractivity contribution in [3.05, 3.63) is 34.3 Å². The molecule has 0 spiro atoms. The molecule has 1 saturated carbocycles. The third-order valence-electron chi connectivity index (χ3n) is 4.42. The van der Waals surface area contributed by atoms with Crippen LogP contribution in [-0.4, -0.2) is 46.0 Å². The molecule has 1 aromatic rings. The van der Waals surface area contributed by atoms with Gasteiger partial charge in [-0.15, -0.1) is 24.0 Å². The molecule has 2 N–H and O–H groups in total. The van der Waals surface area contributed by atoms with E-state index in [1.54, 1.807) is 7.05 Å². The van der Waals surface area contributed by atoms with Crippen LogP contribution in [0.5, 0.6) is 0 Å². The third kappa shape index (κ3) is 7.05. The van der Waals surface area contributed by atoms with Gasteiger partial charge in [-0.05, 0) is 37.8 Å². The highest BCUT2D eigenvalue weighted by molar-refractivity contribution is 14.0. The molecule has 0 aromatic heterocycles. The highest BCUT2D eigenvalue weighted by Gasteiger charge is 2.45. The Morgan fingerprint density at radius 2 is 2.00 bits per heavy atom. The molecule has 5 nitrogen and oxygen atoms in total. The predicted molar refractivity (Wildman–Crippen MR) is 119 cm³/mol. The van der Waals surface area contributed by atoms with Crippen molar-refractivity contribution in [2.24, 2.45) is 4.99 Å². The minimum absolute atomic E-state index is 0. The fraction of sp³-hybridized carbons (Fsp3) is 0.588. The molecule has 25 heavy (non-hydrogen) atoms. The summed E-state index contributed by atoms with van der Waals surface area (Å²) in [5, 5.41) is 6.66. The van der Waals surface area contributed by atoms with Gasteiger partial charge in [0.15, 0.2) is 5.96 Å². The fourth-order valence-corrected chi connectivity index (χ4v) is 4.21. The molecule has 1 fully saturated rings. The van der Waals surface area contributed by atoms with Crippen LogP contribution in [0, 0.1) is 0 Å². The van der Waals surface area contributed by atoms with Crippen LogP contribution in [0.25, 0.3) is 0 Å². The second kappa shape index (κ2) is 9.55. The van der Waals surface area contributed by atoms with Gasteiger partial charge in [-0.3, -0.25) is 4.99 Å². The lowest BCUT2D eigenvalue weighted by molar-refractivity contribution is 0.576. The van der Waals surface area contributed by atoms with Crippen LogP contribution in [0.3, 0.4) is 0 Å². The van der Waals surface area contributed by atoms with E-state index in [9.17, 15) is 8.42 Å². The van der Waals surface area contributed by atoms with Gasteiger partial charge in [-0.2, -0.15) is 0 Å². The average Bonchev–Trinajstić information content (AvgIpc) is 3.30. The van der Waals surface area contributed by atoms with E-state index in [1.165, 1.54) is 11.8 Å². The number of benzene rings is 1. The summed E-state index contributed by atoms with van der Waals surface area (Å²) in [6, 6.07) is 8.39. The Bertz CT molecular complexity index is 706. The summed E-state index contributed by atoms with van der Waals surface area (Å²) >= 11 is 3.65. The quantitative estimate of drug-likeness (QED) is 0.315. The maximum atomic E-state index is 11.3. The largest absolute Gasteiger partial charge is 0.356 e. The van der Waals surface area contributed by atoms with Gasteiger partial charge >= 0.3 is 0 Å². The van der Waals surface area contributed by atoms with Crippen molar-refractivity contribution in [1.29, 1.82) is 0 Å². The zero-order valence-corrected chi connectivity index (χ0v) is 19.6. The summed E-state index contributed by atoms with van der Waals surface area (Å²) in [7, 11) is -1.20. The first kappa shape index (κ1) is 22.7. The lowest BCUT2D eigenvalue weighted by Gasteiger charge is -2.22. The van der Waals surface area contributed by atoms with Gasteiger partial charge in [-0.25, -0.2) is 8.42 Å². The number of guanidine groups is 1. The number of halogens is 2. The molecule has 0 radical (unpaired) electrons. The third-order valence-corrected chi connectivity index (χ3v) is 6.09. The Labute approximate surface area is 176 Å². The minimum Gasteiger partial charge on any atom is -0.356 e. The summed E-state index contributed by atoms with van der Waals surface area (Å²) in [4.78, 5) is 4.25. The van der Waals surface area contributed by atoms with Crippen molar-refractivity contribution in [2.75, 3.05) is 25.6 Å². The topological polar surface area (TPSA) is 70.6 Å². The first-order valence-corrected chi connectivity index (χ1v) is 11.0. The van der Waals surface area contributed by atoms with Gasteiger partial charge in [0.2, 0.25) is 0 Å². The molecular weight excluding hydrogens is 517 g/mol. The SMILES string of the molecule is CN=C(NCC1(c2ccccc2Br)CC1)NC(C)CCS(C)(=O)=O.I. The molecule has 1 unspecified atom stereocenters. The van der Waals surface area contributed by atoms with Gasteiger partial charge < -0.3 is 10.6 Å². The first-order valence-electron chi connectivity index (χ1n) is 8.16. The Morgan fingerprint density at radius 3 is 2.52 bits per heavy atom. The Hall–Kier alpha value is -0.350. The van der Waals surface area contributed by atoms with Gasteiger partial charge in [-0.1, -0.05) is 34.1 Å². The Kier molecular flexibility index (Phi) is 8.66. The van der Waals surface area contributed by atoms with Crippen molar-refractivity contribution >= 4 is 55.7 Å². The van der Waals surface area contributed by atoms with E-state index in [4.69, 9.17) is 0 Å². The molecule has 8 heteroatoms. The van der Waals surface area contributed by atoms with Crippen molar-refractivity contribution in [3.8, 4) is 0 Å². The van der Waals surface area contributed by atoms with Crippen molar-refractivity contribution in [1.82, 2.24) is 10.6 Å². The van der Waals surface area contributed by atoms with Crippen LogP contribution in [-0.2, 0) is 15.3 Å². The van der Waals surface area contributed by atoms with E-state index in [1.807, 2.05) is 13.0 Å². The number of rotatable bonds is 7. The summed E-state index contributed by atoms with van der Waals surface area (Å²) in [6.45, 7) is 2.78. The standard InChI is InChI=1S/C17H26BrN3O2S.HI/c1-13(8-11-24(3,22)23)21-16(19-2)20-12-17(9-10-17)14-6-4-5-7-15(14)18;/h4-7,13H,8-12H2,1-3H3,(H2,19,20,21);1H. The molecule has 1 aliphatic rings. The van der Waals surface area contributed by atoms with E-state index in [2.05, 4.69) is 49.8 Å². The van der Waals surface area contributed by atoms with Gasteiger partial charge in [0.1, 0.15) is 9.84 Å². The second-order valence-electron chi connectivity index (χ2n) is 6.65. The van der Waals surface area contributed by atoms with E-state index >= 15 is 0 Å². The highest BCUT2D eigenvalue weighted by Crippen LogP contribution is 2.49. The van der Waals surface area contributed by atoms with Crippen LogP contribution in [0.15, 0.2) is 33.7 Å². The Morgan fingerprint density at radius 1 is 1.36 bits per heavy atom. The second-order valence-corrected chi connectivity index (χ2v) is 9.76. The molecule has 142 valence electrons. The maximum absolute atomic E-state index is 11.3. The van der Waals surface area contributed by atoms with Crippen molar-refractivity contribution in [3.63, 3.8) is 0 Å².